The van der Waals surface area contributed by atoms with Crippen molar-refractivity contribution in [3.05, 3.63) is 29.8 Å². The van der Waals surface area contributed by atoms with Crippen molar-refractivity contribution in [3.63, 3.8) is 0 Å². The Hall–Kier alpha value is -1.16. The quantitative estimate of drug-likeness (QED) is 0.831. The van der Waals surface area contributed by atoms with Gasteiger partial charge in [-0.25, -0.2) is 8.78 Å². The van der Waals surface area contributed by atoms with Gasteiger partial charge >= 0.3 is 0 Å². The van der Waals surface area contributed by atoms with Gasteiger partial charge in [0.2, 0.25) is 0 Å². The number of nitrogens with two attached hydrogens (primary N) is 1. The maximum atomic E-state index is 13.0. The SMILES string of the molecule is Cc1ccc(N(C)CC(F)(F)CN)cc1. The molecule has 1 rings (SSSR count). The number of aryl methyl sites for hydroxylation is 1. The van der Waals surface area contributed by atoms with Crippen LogP contribution in [0.3, 0.4) is 0 Å². The topological polar surface area (TPSA) is 29.3 Å². The van der Waals surface area contributed by atoms with Gasteiger partial charge in [0.1, 0.15) is 0 Å². The van der Waals surface area contributed by atoms with Crippen LogP contribution in [0.4, 0.5) is 14.5 Å². The normalized spacial score (nSPS) is 11.5. The Kier molecular flexibility index (Phi) is 3.63. The first-order chi connectivity index (χ1) is 6.94. The van der Waals surface area contributed by atoms with E-state index in [4.69, 9.17) is 5.73 Å². The van der Waals surface area contributed by atoms with Gasteiger partial charge in [-0.3, -0.25) is 0 Å². The minimum atomic E-state index is -2.83. The molecule has 15 heavy (non-hydrogen) atoms. The summed E-state index contributed by atoms with van der Waals surface area (Å²) in [6.45, 7) is 0.980. The van der Waals surface area contributed by atoms with E-state index in [2.05, 4.69) is 0 Å². The second-order valence-electron chi connectivity index (χ2n) is 3.75. The van der Waals surface area contributed by atoms with E-state index in [9.17, 15) is 8.78 Å². The Bertz CT molecular complexity index is 309. The van der Waals surface area contributed by atoms with Crippen LogP contribution >= 0.6 is 0 Å². The Morgan fingerprint density at radius 3 is 2.27 bits per heavy atom. The Morgan fingerprint density at radius 1 is 1.27 bits per heavy atom. The molecule has 0 aliphatic carbocycles. The van der Waals surface area contributed by atoms with Crippen LogP contribution < -0.4 is 10.6 Å². The molecule has 0 saturated heterocycles. The van der Waals surface area contributed by atoms with E-state index in [1.165, 1.54) is 4.90 Å². The smallest absolute Gasteiger partial charge is 0.277 e. The van der Waals surface area contributed by atoms with Gasteiger partial charge in [-0.15, -0.1) is 0 Å². The molecule has 0 radical (unpaired) electrons. The molecule has 0 heterocycles. The third kappa shape index (κ3) is 3.47. The van der Waals surface area contributed by atoms with Gasteiger partial charge in [-0.2, -0.15) is 0 Å². The molecule has 1 aromatic carbocycles. The summed E-state index contributed by atoms with van der Waals surface area (Å²) >= 11 is 0. The first-order valence-corrected chi connectivity index (χ1v) is 4.80. The van der Waals surface area contributed by atoms with Crippen LogP contribution in [-0.4, -0.2) is 26.1 Å². The summed E-state index contributed by atoms with van der Waals surface area (Å²) in [5.41, 5.74) is 6.86. The molecule has 0 atom stereocenters. The second kappa shape index (κ2) is 4.57. The molecule has 0 saturated carbocycles. The second-order valence-corrected chi connectivity index (χ2v) is 3.75. The molecule has 0 unspecified atom stereocenters. The number of hydrogen-bond donors (Lipinski definition) is 1. The van der Waals surface area contributed by atoms with E-state index < -0.39 is 12.5 Å². The molecule has 4 heteroatoms. The number of nitrogens with zero attached hydrogens (tertiary/aromatic N) is 1. The van der Waals surface area contributed by atoms with Crippen LogP contribution in [0.5, 0.6) is 0 Å². The van der Waals surface area contributed by atoms with Crippen LogP contribution in [0, 0.1) is 6.92 Å². The van der Waals surface area contributed by atoms with E-state index >= 15 is 0 Å². The number of benzene rings is 1. The largest absolute Gasteiger partial charge is 0.369 e. The number of rotatable bonds is 4. The van der Waals surface area contributed by atoms with Crippen molar-refractivity contribution >= 4 is 5.69 Å². The van der Waals surface area contributed by atoms with Crippen molar-refractivity contribution in [2.45, 2.75) is 12.8 Å². The Balaban J connectivity index is 2.69. The summed E-state index contributed by atoms with van der Waals surface area (Å²) in [5, 5.41) is 0. The van der Waals surface area contributed by atoms with E-state index in [-0.39, 0.29) is 6.54 Å². The van der Waals surface area contributed by atoms with Gasteiger partial charge in [0.05, 0.1) is 13.1 Å². The summed E-state index contributed by atoms with van der Waals surface area (Å²) in [5.74, 6) is -2.83. The van der Waals surface area contributed by atoms with E-state index in [1.54, 1.807) is 7.05 Å². The zero-order chi connectivity index (χ0) is 11.5. The molecular formula is C11H16F2N2. The van der Waals surface area contributed by atoms with E-state index in [0.29, 0.717) is 0 Å². The van der Waals surface area contributed by atoms with E-state index in [0.717, 1.165) is 11.3 Å². The molecule has 1 aromatic rings. The van der Waals surface area contributed by atoms with Gasteiger partial charge in [0.15, 0.2) is 0 Å². The zero-order valence-electron chi connectivity index (χ0n) is 9.00. The number of halogens is 2. The first-order valence-electron chi connectivity index (χ1n) is 4.80. The van der Waals surface area contributed by atoms with Gasteiger partial charge in [0.25, 0.3) is 5.92 Å². The predicted molar refractivity (Wildman–Crippen MR) is 58.5 cm³/mol. The van der Waals surface area contributed by atoms with Crippen molar-refractivity contribution in [1.29, 1.82) is 0 Å². The van der Waals surface area contributed by atoms with Crippen LogP contribution in [0.1, 0.15) is 5.56 Å². The predicted octanol–water partition coefficient (Wildman–Crippen LogP) is 2.03. The monoisotopic (exact) mass is 214 g/mol. The molecule has 2 nitrogen and oxygen atoms in total. The lowest BCUT2D eigenvalue weighted by molar-refractivity contribution is 0.0199. The third-order valence-electron chi connectivity index (χ3n) is 2.24. The average molecular weight is 214 g/mol. The standard InChI is InChI=1S/C11H16F2N2/c1-9-3-5-10(6-4-9)15(2)8-11(12,13)7-14/h3-6H,7-8,14H2,1-2H3. The molecule has 2 N–H and O–H groups in total. The molecule has 0 amide bonds. The van der Waals surface area contributed by atoms with Crippen molar-refractivity contribution in [3.8, 4) is 0 Å². The first kappa shape index (κ1) is 11.9. The lowest BCUT2D eigenvalue weighted by atomic mass is 10.2. The van der Waals surface area contributed by atoms with Crippen LogP contribution in [0.15, 0.2) is 24.3 Å². The van der Waals surface area contributed by atoms with Gasteiger partial charge in [-0.1, -0.05) is 17.7 Å². The Labute approximate surface area is 88.7 Å². The van der Waals surface area contributed by atoms with E-state index in [1.807, 2.05) is 31.2 Å². The fraction of sp³-hybridized carbons (Fsp3) is 0.455. The highest BCUT2D eigenvalue weighted by Crippen LogP contribution is 2.19. The highest BCUT2D eigenvalue weighted by molar-refractivity contribution is 5.46. The number of alkyl halides is 2. The van der Waals surface area contributed by atoms with Gasteiger partial charge in [0, 0.05) is 12.7 Å². The summed E-state index contributed by atoms with van der Waals surface area (Å²) in [6, 6.07) is 7.43. The Morgan fingerprint density at radius 2 is 1.80 bits per heavy atom. The maximum Gasteiger partial charge on any atom is 0.277 e. The molecule has 84 valence electrons. The number of anilines is 1. The highest BCUT2D eigenvalue weighted by atomic mass is 19.3. The van der Waals surface area contributed by atoms with Crippen LogP contribution in [0.25, 0.3) is 0 Å². The average Bonchev–Trinajstić information content (AvgIpc) is 2.18. The lowest BCUT2D eigenvalue weighted by Gasteiger charge is -2.24. The summed E-state index contributed by atoms with van der Waals surface area (Å²) in [4.78, 5) is 1.51. The molecule has 0 bridgehead atoms. The molecular weight excluding hydrogens is 198 g/mol. The fourth-order valence-electron chi connectivity index (χ4n) is 1.30. The van der Waals surface area contributed by atoms with Crippen molar-refractivity contribution in [1.82, 2.24) is 0 Å². The van der Waals surface area contributed by atoms with Gasteiger partial charge < -0.3 is 10.6 Å². The number of hydrogen-bond acceptors (Lipinski definition) is 2. The van der Waals surface area contributed by atoms with Crippen LogP contribution in [-0.2, 0) is 0 Å². The third-order valence-corrected chi connectivity index (χ3v) is 2.24. The molecule has 0 spiro atoms. The summed E-state index contributed by atoms with van der Waals surface area (Å²) in [7, 11) is 1.63. The van der Waals surface area contributed by atoms with Crippen molar-refractivity contribution < 1.29 is 8.78 Å². The maximum absolute atomic E-state index is 13.0. The summed E-state index contributed by atoms with van der Waals surface area (Å²) in [6.07, 6.45) is 0. The minimum Gasteiger partial charge on any atom is -0.369 e. The fourth-order valence-corrected chi connectivity index (χ4v) is 1.30. The highest BCUT2D eigenvalue weighted by Gasteiger charge is 2.28. The molecule has 0 aliphatic rings. The van der Waals surface area contributed by atoms with Crippen molar-refractivity contribution in [2.24, 2.45) is 5.73 Å². The zero-order valence-corrected chi connectivity index (χ0v) is 9.00. The van der Waals surface area contributed by atoms with Gasteiger partial charge in [-0.05, 0) is 19.1 Å². The minimum absolute atomic E-state index is 0.355. The van der Waals surface area contributed by atoms with Crippen LogP contribution in [0.2, 0.25) is 0 Å². The molecule has 0 fully saturated rings. The molecule has 0 aliphatic heterocycles. The molecule has 0 aromatic heterocycles. The summed E-state index contributed by atoms with van der Waals surface area (Å²) < 4.78 is 26.0. The lowest BCUT2D eigenvalue weighted by Crippen LogP contribution is -2.40. The van der Waals surface area contributed by atoms with Crippen molar-refractivity contribution in [2.75, 3.05) is 25.0 Å².